The number of benzene rings is 3. The zero-order valence-corrected chi connectivity index (χ0v) is 15.8. The molecule has 0 radical (unpaired) electrons. The highest BCUT2D eigenvalue weighted by Crippen LogP contribution is 2.41. The molecule has 3 aromatic carbocycles. The first-order chi connectivity index (χ1) is 13.3. The SMILES string of the molecule is COc1ccc(C(CP(Oc2ccccc2)Oc2ccccc2)=NO)cc1. The van der Waals surface area contributed by atoms with Gasteiger partial charge in [-0.25, -0.2) is 0 Å². The van der Waals surface area contributed by atoms with E-state index in [0.717, 1.165) is 11.3 Å². The minimum absolute atomic E-state index is 0.321. The molecule has 3 rings (SSSR count). The summed E-state index contributed by atoms with van der Waals surface area (Å²) in [4.78, 5) is 0. The van der Waals surface area contributed by atoms with Gasteiger partial charge in [0.2, 0.25) is 0 Å². The Morgan fingerprint density at radius 1 is 0.778 bits per heavy atom. The van der Waals surface area contributed by atoms with Gasteiger partial charge >= 0.3 is 0 Å². The molecule has 27 heavy (non-hydrogen) atoms. The minimum atomic E-state index is -1.42. The van der Waals surface area contributed by atoms with Gasteiger partial charge in [-0.2, -0.15) is 0 Å². The quantitative estimate of drug-likeness (QED) is 0.248. The Morgan fingerprint density at radius 3 is 1.74 bits per heavy atom. The fourth-order valence-electron chi connectivity index (χ4n) is 2.37. The Hall–Kier alpha value is -3.04. The Balaban J connectivity index is 1.79. The molecule has 3 aromatic rings. The van der Waals surface area contributed by atoms with E-state index in [0.29, 0.717) is 23.4 Å². The maximum absolute atomic E-state index is 9.54. The van der Waals surface area contributed by atoms with Gasteiger partial charge < -0.3 is 19.0 Å². The molecule has 0 heterocycles. The van der Waals surface area contributed by atoms with Crippen molar-refractivity contribution < 1.29 is 19.0 Å². The normalized spacial score (nSPS) is 11.3. The lowest BCUT2D eigenvalue weighted by molar-refractivity contribution is 0.319. The van der Waals surface area contributed by atoms with Crippen LogP contribution in [0.25, 0.3) is 0 Å². The molecule has 5 nitrogen and oxygen atoms in total. The first-order valence-electron chi connectivity index (χ1n) is 8.37. The van der Waals surface area contributed by atoms with Crippen LogP contribution in [0.2, 0.25) is 0 Å². The summed E-state index contributed by atoms with van der Waals surface area (Å²) >= 11 is 0. The van der Waals surface area contributed by atoms with Crippen molar-refractivity contribution in [3.05, 3.63) is 90.5 Å². The van der Waals surface area contributed by atoms with Gasteiger partial charge in [-0.3, -0.25) is 0 Å². The standard InChI is InChI=1S/C21H20NO4P/c1-24-18-14-12-17(13-15-18)21(22-23)16-27(25-19-8-4-2-5-9-19)26-20-10-6-3-7-11-20/h2-15,23H,16H2,1H3. The molecular weight excluding hydrogens is 361 g/mol. The van der Waals surface area contributed by atoms with Gasteiger partial charge in [0.05, 0.1) is 19.0 Å². The monoisotopic (exact) mass is 381 g/mol. The number of oxime groups is 1. The van der Waals surface area contributed by atoms with Crippen LogP contribution in [0.15, 0.2) is 90.1 Å². The van der Waals surface area contributed by atoms with Crippen molar-refractivity contribution in [1.29, 1.82) is 0 Å². The molecule has 0 aliphatic carbocycles. The molecule has 0 unspecified atom stereocenters. The fraction of sp³-hybridized carbons (Fsp3) is 0.0952. The summed E-state index contributed by atoms with van der Waals surface area (Å²) in [5, 5.41) is 13.0. The average molecular weight is 381 g/mol. The number of methoxy groups -OCH3 is 1. The summed E-state index contributed by atoms with van der Waals surface area (Å²) in [5.74, 6) is 2.14. The van der Waals surface area contributed by atoms with Crippen LogP contribution in [0.1, 0.15) is 5.56 Å². The number of ether oxygens (including phenoxy) is 1. The summed E-state index contributed by atoms with van der Waals surface area (Å²) in [6.07, 6.45) is 0.321. The summed E-state index contributed by atoms with van der Waals surface area (Å²) in [6, 6.07) is 26.2. The van der Waals surface area contributed by atoms with Crippen LogP contribution in [0.5, 0.6) is 17.2 Å². The zero-order valence-electron chi connectivity index (χ0n) is 14.9. The van der Waals surface area contributed by atoms with E-state index in [1.807, 2.05) is 84.9 Å². The third-order valence-electron chi connectivity index (χ3n) is 3.72. The Bertz CT molecular complexity index is 813. The minimum Gasteiger partial charge on any atom is -0.497 e. The average Bonchev–Trinajstić information content (AvgIpc) is 2.73. The largest absolute Gasteiger partial charge is 0.497 e. The second-order valence-electron chi connectivity index (χ2n) is 5.57. The van der Waals surface area contributed by atoms with E-state index in [2.05, 4.69) is 5.16 Å². The van der Waals surface area contributed by atoms with Crippen molar-refractivity contribution in [2.45, 2.75) is 0 Å². The molecule has 138 valence electrons. The maximum atomic E-state index is 9.54. The van der Waals surface area contributed by atoms with Crippen molar-refractivity contribution in [1.82, 2.24) is 0 Å². The predicted molar refractivity (Wildman–Crippen MR) is 107 cm³/mol. The van der Waals surface area contributed by atoms with E-state index in [1.165, 1.54) is 0 Å². The zero-order chi connectivity index (χ0) is 18.9. The van der Waals surface area contributed by atoms with Gasteiger partial charge in [-0.05, 0) is 48.5 Å². The van der Waals surface area contributed by atoms with E-state index in [9.17, 15) is 5.21 Å². The molecular formula is C21H20NO4P. The molecule has 6 heteroatoms. The number of nitrogens with zero attached hydrogens (tertiary/aromatic N) is 1. The summed E-state index contributed by atoms with van der Waals surface area (Å²) in [6.45, 7) is 0. The molecule has 0 aromatic heterocycles. The second kappa shape index (κ2) is 9.60. The van der Waals surface area contributed by atoms with Gasteiger partial charge in [0.15, 0.2) is 0 Å². The van der Waals surface area contributed by atoms with Gasteiger partial charge in [-0.1, -0.05) is 41.6 Å². The second-order valence-corrected chi connectivity index (χ2v) is 6.92. The summed E-state index contributed by atoms with van der Waals surface area (Å²) in [7, 11) is 0.192. The molecule has 0 saturated carbocycles. The Morgan fingerprint density at radius 2 is 1.30 bits per heavy atom. The van der Waals surface area contributed by atoms with Crippen LogP contribution >= 0.6 is 8.38 Å². The summed E-state index contributed by atoms with van der Waals surface area (Å²) in [5.41, 5.74) is 1.26. The Kier molecular flexibility index (Phi) is 6.66. The number of hydrogen-bond acceptors (Lipinski definition) is 5. The molecule has 0 spiro atoms. The topological polar surface area (TPSA) is 60.3 Å². The van der Waals surface area contributed by atoms with Gasteiger partial charge in [0, 0.05) is 5.56 Å². The number of hydrogen-bond donors (Lipinski definition) is 1. The van der Waals surface area contributed by atoms with Crippen LogP contribution < -0.4 is 13.8 Å². The molecule has 0 atom stereocenters. The van der Waals surface area contributed by atoms with E-state index < -0.39 is 8.38 Å². The third-order valence-corrected chi connectivity index (χ3v) is 5.11. The molecule has 0 saturated heterocycles. The molecule has 1 N–H and O–H groups in total. The first kappa shape index (κ1) is 18.7. The van der Waals surface area contributed by atoms with Gasteiger partial charge in [-0.15, -0.1) is 0 Å². The highest BCUT2D eigenvalue weighted by molar-refractivity contribution is 7.49. The molecule has 0 fully saturated rings. The van der Waals surface area contributed by atoms with E-state index in [4.69, 9.17) is 13.8 Å². The first-order valence-corrected chi connectivity index (χ1v) is 9.73. The lowest BCUT2D eigenvalue weighted by Crippen LogP contribution is -2.11. The van der Waals surface area contributed by atoms with Crippen molar-refractivity contribution >= 4 is 14.1 Å². The van der Waals surface area contributed by atoms with Crippen molar-refractivity contribution in [3.8, 4) is 17.2 Å². The van der Waals surface area contributed by atoms with Gasteiger partial charge in [0.1, 0.15) is 17.2 Å². The predicted octanol–water partition coefficient (Wildman–Crippen LogP) is 5.34. The highest BCUT2D eigenvalue weighted by atomic mass is 31.2. The Labute approximate surface area is 159 Å². The van der Waals surface area contributed by atoms with Crippen molar-refractivity contribution in [3.63, 3.8) is 0 Å². The molecule has 0 amide bonds. The van der Waals surface area contributed by atoms with Crippen LogP contribution in [0, 0.1) is 0 Å². The van der Waals surface area contributed by atoms with E-state index in [1.54, 1.807) is 7.11 Å². The summed E-state index contributed by atoms with van der Waals surface area (Å²) < 4.78 is 17.3. The number of rotatable bonds is 8. The molecule has 0 aliphatic heterocycles. The number of para-hydroxylation sites is 2. The van der Waals surface area contributed by atoms with Crippen LogP contribution in [-0.2, 0) is 0 Å². The van der Waals surface area contributed by atoms with E-state index in [-0.39, 0.29) is 0 Å². The highest BCUT2D eigenvalue weighted by Gasteiger charge is 2.20. The van der Waals surface area contributed by atoms with Crippen molar-refractivity contribution in [2.24, 2.45) is 5.16 Å². The van der Waals surface area contributed by atoms with Crippen LogP contribution in [0.4, 0.5) is 0 Å². The fourth-order valence-corrected chi connectivity index (χ4v) is 3.74. The lowest BCUT2D eigenvalue weighted by atomic mass is 10.1. The molecule has 0 bridgehead atoms. The van der Waals surface area contributed by atoms with E-state index >= 15 is 0 Å². The third kappa shape index (κ3) is 5.47. The smallest absolute Gasteiger partial charge is 0.296 e. The van der Waals surface area contributed by atoms with Crippen LogP contribution in [-0.4, -0.2) is 24.2 Å². The van der Waals surface area contributed by atoms with Crippen LogP contribution in [0.3, 0.4) is 0 Å². The maximum Gasteiger partial charge on any atom is 0.296 e. The lowest BCUT2D eigenvalue weighted by Gasteiger charge is -2.19. The molecule has 0 aliphatic rings. The van der Waals surface area contributed by atoms with Crippen molar-refractivity contribution in [2.75, 3.05) is 13.3 Å². The van der Waals surface area contributed by atoms with Gasteiger partial charge in [0.25, 0.3) is 8.38 Å².